The summed E-state index contributed by atoms with van der Waals surface area (Å²) in [7, 11) is 0. The molecule has 2 aliphatic heterocycles. The molecule has 9 heteroatoms. The van der Waals surface area contributed by atoms with E-state index in [0.717, 1.165) is 66.7 Å². The van der Waals surface area contributed by atoms with Gasteiger partial charge in [0.1, 0.15) is 23.0 Å². The van der Waals surface area contributed by atoms with Crippen molar-refractivity contribution in [1.29, 1.82) is 0 Å². The van der Waals surface area contributed by atoms with E-state index in [4.69, 9.17) is 5.11 Å². The van der Waals surface area contributed by atoms with Crippen LogP contribution in [0, 0.1) is 59.0 Å². The average Bonchev–Trinajstić information content (AvgIpc) is 3.21. The Morgan fingerprint density at radius 1 is 0.805 bits per heavy atom. The van der Waals surface area contributed by atoms with Gasteiger partial charge in [0.15, 0.2) is 0 Å². The van der Waals surface area contributed by atoms with E-state index in [1.54, 1.807) is 6.42 Å². The van der Waals surface area contributed by atoms with Crippen LogP contribution in [-0.2, 0) is 0 Å². The van der Waals surface area contributed by atoms with E-state index in [9.17, 15) is 18.4 Å². The van der Waals surface area contributed by atoms with E-state index in [0.29, 0.717) is 29.5 Å². The van der Waals surface area contributed by atoms with Crippen molar-refractivity contribution in [2.24, 2.45) is 47.3 Å². The zero-order valence-electron chi connectivity index (χ0n) is 23.8. The van der Waals surface area contributed by atoms with Gasteiger partial charge in [-0.15, -0.1) is 0 Å². The molecule has 0 aromatic carbocycles. The lowest BCUT2D eigenvalue weighted by Crippen LogP contribution is -2.50. The molecule has 220 valence electrons. The Hall–Kier alpha value is -2.94. The van der Waals surface area contributed by atoms with Crippen molar-refractivity contribution in [2.75, 3.05) is 13.1 Å². The number of rotatable bonds is 2. The standard InChI is InChI=1S/C16H19FN2O.C10H17N.C6H4FNO2/c1-9-11-4-10-5-12(6-11)15(9)19(8-10)16(20)14-3-2-13(17)7-18-14;1-6-8-2-7-3-9(4-8)10(6)11-5-7;7-4-1-2-5(6(9)10)8-3-4/h2-3,7,9-12,15H,4-6,8H2,1H3;6-11H,2-5H2,1H3;1-3H,(H,9,10)/t9-,10-,11+,12-,15-;6-,7-,8+,9-,10-;/m11./s1. The van der Waals surface area contributed by atoms with Crippen molar-refractivity contribution in [3.63, 3.8) is 0 Å². The Morgan fingerprint density at radius 2 is 1.39 bits per heavy atom. The van der Waals surface area contributed by atoms with Crippen molar-refractivity contribution < 1.29 is 23.5 Å². The summed E-state index contributed by atoms with van der Waals surface area (Å²) in [5.41, 5.74) is 0.227. The summed E-state index contributed by atoms with van der Waals surface area (Å²) in [6, 6.07) is 6.26. The van der Waals surface area contributed by atoms with Crippen molar-refractivity contribution in [3.05, 3.63) is 59.7 Å². The predicted molar refractivity (Wildman–Crippen MR) is 149 cm³/mol. The van der Waals surface area contributed by atoms with Crippen LogP contribution < -0.4 is 5.32 Å². The summed E-state index contributed by atoms with van der Waals surface area (Å²) in [6.07, 6.45) is 10.4. The maximum atomic E-state index is 13.0. The second-order valence-corrected chi connectivity index (χ2v) is 13.3. The van der Waals surface area contributed by atoms with Gasteiger partial charge in [-0.05, 0) is 117 Å². The second kappa shape index (κ2) is 11.4. The quantitative estimate of drug-likeness (QED) is 0.513. The number of hydrogen-bond donors (Lipinski definition) is 2. The molecule has 2 aromatic rings. The third kappa shape index (κ3) is 5.62. The van der Waals surface area contributed by atoms with Crippen LogP contribution in [0.15, 0.2) is 36.7 Å². The SMILES string of the molecule is C[C@@H]1[C@H]2C[C@@H]3C[C@H](C2)[C@@H]1N(C(=O)c1ccc(F)cn1)C3.C[C@@H]1[C@H]2C[C@H]3CN[C@H]1[C@H](C3)C2.O=C(O)c1ccc(F)cn1. The summed E-state index contributed by atoms with van der Waals surface area (Å²) in [6.45, 7) is 6.93. The monoisotopic (exact) mass is 566 g/mol. The highest BCUT2D eigenvalue weighted by Crippen LogP contribution is 2.54. The largest absolute Gasteiger partial charge is 0.477 e. The number of carboxylic acid groups (broad SMARTS) is 1. The maximum Gasteiger partial charge on any atom is 0.354 e. The minimum absolute atomic E-state index is 0.0147. The molecule has 0 radical (unpaired) electrons. The molecule has 6 fully saturated rings. The summed E-state index contributed by atoms with van der Waals surface area (Å²) in [4.78, 5) is 32.1. The summed E-state index contributed by atoms with van der Waals surface area (Å²) in [5.74, 6) is 4.78. The van der Waals surface area contributed by atoms with E-state index < -0.39 is 17.6 Å². The first-order valence-electron chi connectivity index (χ1n) is 15.2. The number of carbonyl (C=O) groups excluding carboxylic acids is 1. The number of amides is 1. The lowest BCUT2D eigenvalue weighted by atomic mass is 9.77. The van der Waals surface area contributed by atoms with Crippen molar-refractivity contribution in [2.45, 2.75) is 64.5 Å². The van der Waals surface area contributed by atoms with Crippen LogP contribution in [0.25, 0.3) is 0 Å². The molecule has 2 saturated heterocycles. The van der Waals surface area contributed by atoms with Crippen molar-refractivity contribution in [3.8, 4) is 0 Å². The van der Waals surface area contributed by atoms with Gasteiger partial charge in [-0.1, -0.05) is 13.8 Å². The number of carbonyl (C=O) groups is 2. The van der Waals surface area contributed by atoms with Gasteiger partial charge in [0, 0.05) is 18.6 Å². The maximum absolute atomic E-state index is 13.0. The van der Waals surface area contributed by atoms with Crippen LogP contribution in [0.5, 0.6) is 0 Å². The van der Waals surface area contributed by atoms with Crippen LogP contribution in [0.1, 0.15) is 73.3 Å². The topological polar surface area (TPSA) is 95.4 Å². The minimum Gasteiger partial charge on any atom is -0.477 e. The molecule has 8 rings (SSSR count). The predicted octanol–water partition coefficient (Wildman–Crippen LogP) is 5.29. The number of pyridine rings is 2. The minimum atomic E-state index is -1.15. The number of piperidine rings is 2. The fraction of sp³-hybridized carbons (Fsp3) is 0.625. The number of nitrogens with one attached hydrogen (secondary N) is 1. The van der Waals surface area contributed by atoms with Crippen LogP contribution >= 0.6 is 0 Å². The number of likely N-dealkylation sites (tertiary alicyclic amines) is 1. The number of nitrogens with zero attached hydrogens (tertiary/aromatic N) is 3. The van der Waals surface area contributed by atoms with Crippen LogP contribution in [-0.4, -0.2) is 57.0 Å². The third-order valence-corrected chi connectivity index (χ3v) is 10.9. The third-order valence-electron chi connectivity index (χ3n) is 10.9. The van der Waals surface area contributed by atoms with Gasteiger partial charge in [0.25, 0.3) is 5.91 Å². The van der Waals surface area contributed by atoms with Gasteiger partial charge in [-0.25, -0.2) is 23.5 Å². The molecule has 4 heterocycles. The van der Waals surface area contributed by atoms with Gasteiger partial charge in [-0.3, -0.25) is 4.79 Å². The van der Waals surface area contributed by atoms with E-state index in [1.807, 2.05) is 4.90 Å². The Kier molecular flexibility index (Phi) is 7.83. The zero-order valence-corrected chi connectivity index (χ0v) is 23.8. The molecule has 2 aromatic heterocycles. The summed E-state index contributed by atoms with van der Waals surface area (Å²) < 4.78 is 25.0. The summed E-state index contributed by atoms with van der Waals surface area (Å²) in [5, 5.41) is 12.0. The molecule has 7 nitrogen and oxygen atoms in total. The Labute approximate surface area is 240 Å². The molecule has 41 heavy (non-hydrogen) atoms. The van der Waals surface area contributed by atoms with Crippen LogP contribution in [0.3, 0.4) is 0 Å². The zero-order chi connectivity index (χ0) is 28.8. The molecule has 4 aliphatic carbocycles. The first-order valence-corrected chi connectivity index (χ1v) is 15.2. The second-order valence-electron chi connectivity index (χ2n) is 13.3. The number of aromatic carboxylic acids is 1. The highest BCUT2D eigenvalue weighted by molar-refractivity contribution is 5.92. The van der Waals surface area contributed by atoms with E-state index in [1.165, 1.54) is 50.8 Å². The van der Waals surface area contributed by atoms with Gasteiger partial charge in [0.2, 0.25) is 0 Å². The Balaban J connectivity index is 0.000000122. The summed E-state index contributed by atoms with van der Waals surface area (Å²) >= 11 is 0. The van der Waals surface area contributed by atoms with Crippen LogP contribution in [0.2, 0.25) is 0 Å². The fourth-order valence-corrected chi connectivity index (χ4v) is 9.21. The molecule has 6 bridgehead atoms. The lowest BCUT2D eigenvalue weighted by Gasteiger charge is -2.42. The highest BCUT2D eigenvalue weighted by atomic mass is 19.1. The molecular weight excluding hydrogens is 526 g/mol. The molecule has 10 atom stereocenters. The Morgan fingerprint density at radius 3 is 2.05 bits per heavy atom. The smallest absolute Gasteiger partial charge is 0.354 e. The van der Waals surface area contributed by atoms with E-state index in [2.05, 4.69) is 29.1 Å². The number of carboxylic acids is 1. The van der Waals surface area contributed by atoms with Gasteiger partial charge >= 0.3 is 5.97 Å². The molecule has 0 unspecified atom stereocenters. The number of hydrogen-bond acceptors (Lipinski definition) is 5. The number of fused-ring (bicyclic) bond motifs is 4. The average molecular weight is 567 g/mol. The molecular formula is C32H40F2N4O3. The number of halogens is 2. The molecule has 0 spiro atoms. The first-order chi connectivity index (χ1) is 19.7. The normalized spacial score (nSPS) is 37.1. The van der Waals surface area contributed by atoms with Gasteiger partial charge in [0.05, 0.1) is 12.4 Å². The van der Waals surface area contributed by atoms with Crippen LogP contribution in [0.4, 0.5) is 8.78 Å². The van der Waals surface area contributed by atoms with Crippen molar-refractivity contribution in [1.82, 2.24) is 20.2 Å². The van der Waals surface area contributed by atoms with Gasteiger partial charge < -0.3 is 15.3 Å². The highest BCUT2D eigenvalue weighted by Gasteiger charge is 2.53. The number of aromatic nitrogens is 2. The molecule has 4 saturated carbocycles. The lowest BCUT2D eigenvalue weighted by molar-refractivity contribution is 0.0376. The molecule has 6 aliphatic rings. The first kappa shape index (κ1) is 28.2. The Bertz CT molecular complexity index is 1250. The van der Waals surface area contributed by atoms with Gasteiger partial charge in [-0.2, -0.15) is 0 Å². The van der Waals surface area contributed by atoms with E-state index in [-0.39, 0.29) is 11.6 Å². The van der Waals surface area contributed by atoms with Crippen molar-refractivity contribution >= 4 is 11.9 Å². The molecule has 2 N–H and O–H groups in total. The van der Waals surface area contributed by atoms with E-state index >= 15 is 0 Å². The molecule has 1 amide bonds. The fourth-order valence-electron chi connectivity index (χ4n) is 9.21.